The van der Waals surface area contributed by atoms with Crippen LogP contribution in [0, 0.1) is 0 Å². The van der Waals surface area contributed by atoms with Crippen LogP contribution in [0.2, 0.25) is 0 Å². The van der Waals surface area contributed by atoms with E-state index in [1.807, 2.05) is 0 Å². The predicted octanol–water partition coefficient (Wildman–Crippen LogP) is 2.05. The number of esters is 1. The Balaban J connectivity index is 3.08. The SMILES string of the molecule is COCOC1C=C(C(=O)OC)CC(N=[N+]=[N-])[C@H]1NC(=O)OC(C)(C)C. The van der Waals surface area contributed by atoms with Crippen molar-refractivity contribution < 1.29 is 28.5 Å². The molecule has 0 spiro atoms. The summed E-state index contributed by atoms with van der Waals surface area (Å²) in [6.07, 6.45) is 0.183. The van der Waals surface area contributed by atoms with Gasteiger partial charge in [-0.2, -0.15) is 0 Å². The van der Waals surface area contributed by atoms with Crippen LogP contribution < -0.4 is 5.32 Å². The molecular formula is C15H24N4O6. The number of hydrogen-bond acceptors (Lipinski definition) is 7. The third-order valence-electron chi connectivity index (χ3n) is 3.27. The Kier molecular flexibility index (Phi) is 7.69. The smallest absolute Gasteiger partial charge is 0.407 e. The van der Waals surface area contributed by atoms with Crippen LogP contribution in [0.25, 0.3) is 10.4 Å². The first-order valence-electron chi connectivity index (χ1n) is 7.65. The highest BCUT2D eigenvalue weighted by Crippen LogP contribution is 2.25. The number of methoxy groups -OCH3 is 2. The van der Waals surface area contributed by atoms with Crippen LogP contribution in [0.1, 0.15) is 27.2 Å². The molecule has 1 aliphatic carbocycles. The van der Waals surface area contributed by atoms with Gasteiger partial charge in [-0.1, -0.05) is 5.11 Å². The number of hydrogen-bond donors (Lipinski definition) is 1. The molecule has 10 heteroatoms. The van der Waals surface area contributed by atoms with Crippen molar-refractivity contribution in [3.8, 4) is 0 Å². The van der Waals surface area contributed by atoms with Crippen molar-refractivity contribution in [2.45, 2.75) is 51.0 Å². The molecular weight excluding hydrogens is 332 g/mol. The van der Waals surface area contributed by atoms with Gasteiger partial charge in [0.15, 0.2) is 0 Å². The molecule has 1 N–H and O–H groups in total. The second kappa shape index (κ2) is 9.26. The van der Waals surface area contributed by atoms with Gasteiger partial charge in [-0.15, -0.1) is 0 Å². The zero-order valence-electron chi connectivity index (χ0n) is 15.0. The summed E-state index contributed by atoms with van der Waals surface area (Å²) >= 11 is 0. The molecule has 3 atom stereocenters. The molecule has 0 radical (unpaired) electrons. The number of nitrogens with zero attached hydrogens (tertiary/aromatic N) is 3. The highest BCUT2D eigenvalue weighted by Gasteiger charge is 2.37. The van der Waals surface area contributed by atoms with Crippen LogP contribution in [-0.2, 0) is 23.7 Å². The van der Waals surface area contributed by atoms with Crippen LogP contribution in [0.15, 0.2) is 16.8 Å². The third kappa shape index (κ3) is 6.61. The van der Waals surface area contributed by atoms with Crippen molar-refractivity contribution >= 4 is 12.1 Å². The van der Waals surface area contributed by atoms with Gasteiger partial charge in [0, 0.05) is 17.6 Å². The molecule has 140 valence electrons. The molecule has 0 aliphatic heterocycles. The summed E-state index contributed by atoms with van der Waals surface area (Å²) in [7, 11) is 2.69. The Morgan fingerprint density at radius 2 is 2.08 bits per heavy atom. The molecule has 25 heavy (non-hydrogen) atoms. The maximum atomic E-state index is 12.1. The first-order valence-corrected chi connectivity index (χ1v) is 7.65. The zero-order valence-corrected chi connectivity index (χ0v) is 15.0. The maximum Gasteiger partial charge on any atom is 0.407 e. The monoisotopic (exact) mass is 356 g/mol. The van der Waals surface area contributed by atoms with Crippen molar-refractivity contribution in [1.29, 1.82) is 0 Å². The lowest BCUT2D eigenvalue weighted by atomic mass is 9.88. The van der Waals surface area contributed by atoms with Crippen molar-refractivity contribution in [3.05, 3.63) is 22.1 Å². The van der Waals surface area contributed by atoms with Gasteiger partial charge in [0.05, 0.1) is 25.3 Å². The van der Waals surface area contributed by atoms with Crippen molar-refractivity contribution in [1.82, 2.24) is 5.32 Å². The highest BCUT2D eigenvalue weighted by atomic mass is 16.7. The second-order valence-electron chi connectivity index (χ2n) is 6.37. The van der Waals surface area contributed by atoms with Crippen LogP contribution in [0.4, 0.5) is 4.79 Å². The number of rotatable bonds is 6. The number of alkyl carbamates (subject to hydrolysis) is 1. The van der Waals surface area contributed by atoms with E-state index in [-0.39, 0.29) is 13.2 Å². The minimum atomic E-state index is -0.759. The molecule has 0 fully saturated rings. The third-order valence-corrected chi connectivity index (χ3v) is 3.27. The van der Waals surface area contributed by atoms with Gasteiger partial charge in [0.2, 0.25) is 0 Å². The Morgan fingerprint density at radius 3 is 2.60 bits per heavy atom. The molecule has 2 unspecified atom stereocenters. The number of amides is 1. The van der Waals surface area contributed by atoms with E-state index in [1.54, 1.807) is 20.8 Å². The van der Waals surface area contributed by atoms with Gasteiger partial charge in [-0.05, 0) is 38.8 Å². The Bertz CT molecular complexity index is 565. The van der Waals surface area contributed by atoms with Gasteiger partial charge < -0.3 is 24.3 Å². The topological polar surface area (TPSA) is 132 Å². The molecule has 0 bridgehead atoms. The number of ether oxygens (including phenoxy) is 4. The molecule has 0 saturated heterocycles. The quantitative estimate of drug-likeness (QED) is 0.255. The number of carbonyl (C=O) groups is 2. The van der Waals surface area contributed by atoms with Crippen LogP contribution in [0.3, 0.4) is 0 Å². The average Bonchev–Trinajstić information content (AvgIpc) is 2.52. The van der Waals surface area contributed by atoms with Gasteiger partial charge in [0.1, 0.15) is 12.4 Å². The molecule has 0 heterocycles. The Hall–Kier alpha value is -2.29. The minimum absolute atomic E-state index is 0.0783. The molecule has 0 saturated carbocycles. The molecule has 0 aromatic rings. The van der Waals surface area contributed by atoms with Gasteiger partial charge in [0.25, 0.3) is 0 Å². The van der Waals surface area contributed by atoms with Crippen molar-refractivity contribution in [2.24, 2.45) is 5.11 Å². The Morgan fingerprint density at radius 1 is 1.40 bits per heavy atom. The van der Waals surface area contributed by atoms with Crippen molar-refractivity contribution in [2.75, 3.05) is 21.0 Å². The van der Waals surface area contributed by atoms with Crippen LogP contribution in [0.5, 0.6) is 0 Å². The summed E-state index contributed by atoms with van der Waals surface area (Å²) in [6.45, 7) is 5.11. The largest absolute Gasteiger partial charge is 0.466 e. The van der Waals surface area contributed by atoms with Crippen LogP contribution in [-0.4, -0.2) is 56.9 Å². The highest BCUT2D eigenvalue weighted by molar-refractivity contribution is 5.89. The molecule has 0 aromatic carbocycles. The number of azide groups is 1. The van der Waals surface area contributed by atoms with E-state index in [9.17, 15) is 9.59 Å². The van der Waals surface area contributed by atoms with E-state index in [2.05, 4.69) is 15.3 Å². The van der Waals surface area contributed by atoms with Crippen LogP contribution >= 0.6 is 0 Å². The number of carbonyl (C=O) groups excluding carboxylic acids is 2. The summed E-state index contributed by atoms with van der Waals surface area (Å²) < 4.78 is 20.3. The summed E-state index contributed by atoms with van der Waals surface area (Å²) in [5.41, 5.74) is 8.42. The van der Waals surface area contributed by atoms with E-state index in [0.717, 1.165) is 0 Å². The summed E-state index contributed by atoms with van der Waals surface area (Å²) in [6, 6.07) is -1.48. The Labute approximate surface area is 146 Å². The minimum Gasteiger partial charge on any atom is -0.466 e. The summed E-state index contributed by atoms with van der Waals surface area (Å²) in [5, 5.41) is 6.32. The summed E-state index contributed by atoms with van der Waals surface area (Å²) in [5.74, 6) is -0.556. The molecule has 10 nitrogen and oxygen atoms in total. The standard InChI is InChI=1S/C15H24N4O6/c1-15(2,3)25-14(21)17-12-10(18-19-16)6-9(13(20)23-5)7-11(12)24-8-22-4/h7,10-12H,6,8H2,1-5H3,(H,17,21)/t10?,11?,12-/m1/s1. The lowest BCUT2D eigenvalue weighted by Crippen LogP contribution is -2.54. The van der Waals surface area contributed by atoms with Gasteiger partial charge >= 0.3 is 12.1 Å². The number of nitrogens with one attached hydrogen (secondary N) is 1. The summed E-state index contributed by atoms with van der Waals surface area (Å²) in [4.78, 5) is 26.7. The normalized spacial score (nSPS) is 23.1. The second-order valence-corrected chi connectivity index (χ2v) is 6.37. The average molecular weight is 356 g/mol. The van der Waals surface area contributed by atoms with Crippen molar-refractivity contribution in [3.63, 3.8) is 0 Å². The fourth-order valence-corrected chi connectivity index (χ4v) is 2.32. The van der Waals surface area contributed by atoms with E-state index >= 15 is 0 Å². The maximum absolute atomic E-state index is 12.1. The first kappa shape index (κ1) is 20.8. The molecule has 1 aliphatic rings. The fraction of sp³-hybridized carbons (Fsp3) is 0.733. The molecule has 1 amide bonds. The zero-order chi connectivity index (χ0) is 19.0. The van der Waals surface area contributed by atoms with Gasteiger partial charge in [-0.3, -0.25) is 0 Å². The van der Waals surface area contributed by atoms with E-state index in [4.69, 9.17) is 24.5 Å². The first-order chi connectivity index (χ1) is 11.7. The molecule has 1 rings (SSSR count). The lowest BCUT2D eigenvalue weighted by Gasteiger charge is -2.35. The van der Waals surface area contributed by atoms with Gasteiger partial charge in [-0.25, -0.2) is 9.59 Å². The molecule has 0 aromatic heterocycles. The van der Waals surface area contributed by atoms with E-state index in [1.165, 1.54) is 20.3 Å². The lowest BCUT2D eigenvalue weighted by molar-refractivity contribution is -0.136. The predicted molar refractivity (Wildman–Crippen MR) is 87.6 cm³/mol. The van der Waals surface area contributed by atoms with E-state index in [0.29, 0.717) is 5.57 Å². The fourth-order valence-electron chi connectivity index (χ4n) is 2.32. The van der Waals surface area contributed by atoms with E-state index < -0.39 is 35.9 Å².